The second-order valence-corrected chi connectivity index (χ2v) is 2.68. The zero-order valence-corrected chi connectivity index (χ0v) is 9.25. The summed E-state index contributed by atoms with van der Waals surface area (Å²) in [5, 5.41) is 0. The summed E-state index contributed by atoms with van der Waals surface area (Å²) in [6, 6.07) is 0. The predicted octanol–water partition coefficient (Wildman–Crippen LogP) is -5.65. The van der Waals surface area contributed by atoms with Crippen molar-refractivity contribution in [1.82, 2.24) is 0 Å². The molecule has 8 nitrogen and oxygen atoms in total. The molecular weight excluding hydrogens is 301 g/mol. The van der Waals surface area contributed by atoms with Gasteiger partial charge >= 0.3 is 38.8 Å². The summed E-state index contributed by atoms with van der Waals surface area (Å²) < 4.78 is 17.1. The maximum absolute atomic E-state index is 8.55. The number of hydrogen-bond acceptors (Lipinski definition) is 8. The van der Waals surface area contributed by atoms with Crippen LogP contribution in [-0.2, 0) is 47.9 Å². The van der Waals surface area contributed by atoms with E-state index in [2.05, 4.69) is 0 Å². The molecule has 0 amide bonds. The molecule has 0 aliphatic heterocycles. The van der Waals surface area contributed by atoms with Crippen molar-refractivity contribution in [2.45, 2.75) is 0 Å². The summed E-state index contributed by atoms with van der Waals surface area (Å²) in [6.45, 7) is 0. The molecule has 0 heterocycles. The van der Waals surface area contributed by atoms with E-state index in [1.54, 1.807) is 0 Å². The van der Waals surface area contributed by atoms with E-state index in [0.29, 0.717) is 0 Å². The maximum Gasteiger partial charge on any atom is 4.00 e. The van der Waals surface area contributed by atoms with E-state index in [1.807, 2.05) is 0 Å². The smallest absolute Gasteiger partial charge is 0.822 e. The normalized spacial score (nSPS) is 9.83. The van der Waals surface area contributed by atoms with Crippen LogP contribution >= 0.6 is 15.6 Å². The molecule has 0 bridgehead atoms. The van der Waals surface area contributed by atoms with Crippen molar-refractivity contribution in [3.63, 3.8) is 0 Å². The van der Waals surface area contributed by atoms with Gasteiger partial charge in [0.25, 0.3) is 0 Å². The Morgan fingerprint density at radius 3 is 0.667 bits per heavy atom. The van der Waals surface area contributed by atoms with E-state index in [9.17, 15) is 0 Å². The van der Waals surface area contributed by atoms with E-state index >= 15 is 0 Å². The molecule has 0 atom stereocenters. The molecule has 12 heavy (non-hydrogen) atoms. The van der Waals surface area contributed by atoms with Gasteiger partial charge in [-0.2, -0.15) is 15.6 Å². The summed E-state index contributed by atoms with van der Waals surface area (Å²) in [7, 11) is -10.8. The molecule has 0 aliphatic carbocycles. The number of phosphoric acid groups is 2. The predicted molar refractivity (Wildman–Crippen MR) is 15.2 cm³/mol. The van der Waals surface area contributed by atoms with Gasteiger partial charge in [0.15, 0.2) is 0 Å². The molecular formula is CuO8P2Ti. The maximum atomic E-state index is 8.55. The van der Waals surface area contributed by atoms with Crippen LogP contribution < -0.4 is 29.4 Å². The fourth-order valence-corrected chi connectivity index (χ4v) is 0. The first-order valence-electron chi connectivity index (χ1n) is 1.46. The van der Waals surface area contributed by atoms with E-state index < -0.39 is 15.6 Å². The Bertz CT molecular complexity index is 129. The van der Waals surface area contributed by atoms with E-state index in [-0.39, 0.29) is 38.8 Å². The molecule has 73 valence electrons. The van der Waals surface area contributed by atoms with Crippen LogP contribution in [0.15, 0.2) is 0 Å². The minimum Gasteiger partial charge on any atom is -0.822 e. The molecule has 0 N–H and O–H groups in total. The average molecular weight is 301 g/mol. The van der Waals surface area contributed by atoms with E-state index in [1.165, 1.54) is 0 Å². The molecule has 0 unspecified atom stereocenters. The molecule has 0 spiro atoms. The van der Waals surface area contributed by atoms with Gasteiger partial charge in [-0.15, -0.1) is 0 Å². The van der Waals surface area contributed by atoms with E-state index in [0.717, 1.165) is 0 Å². The largest absolute Gasteiger partial charge is 4.00 e. The Balaban J connectivity index is -0.0000000457. The second kappa shape index (κ2) is 9.03. The first kappa shape index (κ1) is 23.3. The Hall–Kier alpha value is 1.45. The summed E-state index contributed by atoms with van der Waals surface area (Å²) in [6.07, 6.45) is 0. The van der Waals surface area contributed by atoms with Gasteiger partial charge in [0.2, 0.25) is 0 Å². The van der Waals surface area contributed by atoms with Crippen molar-refractivity contribution in [2.24, 2.45) is 0 Å². The molecule has 0 aromatic heterocycles. The van der Waals surface area contributed by atoms with Crippen LogP contribution in [0.4, 0.5) is 0 Å². The quantitative estimate of drug-likeness (QED) is 0.314. The first-order valence-corrected chi connectivity index (χ1v) is 4.38. The fraction of sp³-hybridized carbons (Fsp3) is 0. The Morgan fingerprint density at radius 2 is 0.667 bits per heavy atom. The SMILES string of the molecule is O=P([O-])([O-])[O-].O=P([O-])([O-])[O-].[Cu+2].[Ti+4]. The average Bonchev–Trinajstić information content (AvgIpc) is 1.12. The minimum absolute atomic E-state index is 0. The fourth-order valence-electron chi connectivity index (χ4n) is 0. The molecule has 0 rings (SSSR count). The monoisotopic (exact) mass is 301 g/mol. The summed E-state index contributed by atoms with van der Waals surface area (Å²) in [5.41, 5.74) is 0. The molecule has 0 aliphatic rings. The third-order valence-electron chi connectivity index (χ3n) is 0. The number of rotatable bonds is 0. The summed E-state index contributed by atoms with van der Waals surface area (Å²) >= 11 is 0. The number of hydrogen-bond donors (Lipinski definition) is 0. The molecule has 12 heteroatoms. The van der Waals surface area contributed by atoms with Gasteiger partial charge in [0.05, 0.1) is 0 Å². The van der Waals surface area contributed by atoms with Gasteiger partial charge in [-0.1, -0.05) is 0 Å². The van der Waals surface area contributed by atoms with Crippen molar-refractivity contribution >= 4 is 15.6 Å². The molecule has 0 fully saturated rings. The van der Waals surface area contributed by atoms with Crippen LogP contribution in [0, 0.1) is 0 Å². The molecule has 0 saturated heterocycles. The van der Waals surface area contributed by atoms with Crippen LogP contribution in [-0.4, -0.2) is 0 Å². The minimum atomic E-state index is -5.39. The van der Waals surface area contributed by atoms with Gasteiger partial charge in [-0.3, -0.25) is 0 Å². The second-order valence-electron chi connectivity index (χ2n) is 0.894. The van der Waals surface area contributed by atoms with Crippen LogP contribution in [0.25, 0.3) is 0 Å². The summed E-state index contributed by atoms with van der Waals surface area (Å²) in [5.74, 6) is 0. The summed E-state index contributed by atoms with van der Waals surface area (Å²) in [4.78, 5) is 51.3. The molecule has 1 radical (unpaired) electrons. The van der Waals surface area contributed by atoms with Crippen LogP contribution in [0.2, 0.25) is 0 Å². The third-order valence-corrected chi connectivity index (χ3v) is 0. The third kappa shape index (κ3) is 592. The van der Waals surface area contributed by atoms with Gasteiger partial charge in [0.1, 0.15) is 0 Å². The zero-order chi connectivity index (χ0) is 9.00. The van der Waals surface area contributed by atoms with Crippen LogP contribution in [0.5, 0.6) is 0 Å². The van der Waals surface area contributed by atoms with Gasteiger partial charge in [-0.05, 0) is 0 Å². The van der Waals surface area contributed by atoms with Crippen molar-refractivity contribution < 1.29 is 77.3 Å². The van der Waals surface area contributed by atoms with Gasteiger partial charge in [0, 0.05) is 0 Å². The van der Waals surface area contributed by atoms with Crippen molar-refractivity contribution in [3.05, 3.63) is 0 Å². The Kier molecular flexibility index (Phi) is 17.6. The van der Waals surface area contributed by atoms with Crippen LogP contribution in [0.3, 0.4) is 0 Å². The Labute approximate surface area is 92.8 Å². The van der Waals surface area contributed by atoms with Crippen molar-refractivity contribution in [2.75, 3.05) is 0 Å². The Morgan fingerprint density at radius 1 is 0.667 bits per heavy atom. The molecule has 0 saturated carbocycles. The zero-order valence-electron chi connectivity index (χ0n) is 4.96. The standard InChI is InChI=1S/Cu.2H3O4P.Ti/c;2*1-5(2,3)4;/h;2*(H3,1,2,3,4);/q+2;;;+4/p-6. The van der Waals surface area contributed by atoms with Crippen molar-refractivity contribution in [3.8, 4) is 0 Å². The first-order chi connectivity index (χ1) is 4.00. The van der Waals surface area contributed by atoms with Crippen LogP contribution in [0.1, 0.15) is 0 Å². The van der Waals surface area contributed by atoms with Gasteiger partial charge in [-0.25, -0.2) is 0 Å². The van der Waals surface area contributed by atoms with E-state index in [4.69, 9.17) is 38.5 Å². The van der Waals surface area contributed by atoms with Gasteiger partial charge < -0.3 is 38.5 Å². The molecule has 0 aromatic carbocycles. The molecule has 0 aromatic rings. The topological polar surface area (TPSA) is 172 Å². The van der Waals surface area contributed by atoms with Crippen molar-refractivity contribution in [1.29, 1.82) is 0 Å².